The molecule has 4 heteroatoms. The second kappa shape index (κ2) is 5.34. The summed E-state index contributed by atoms with van der Waals surface area (Å²) in [6, 6.07) is 6.31. The first-order valence-corrected chi connectivity index (χ1v) is 6.50. The second-order valence-electron chi connectivity index (χ2n) is 4.80. The number of hydrogen-bond donors (Lipinski definition) is 1. The van der Waals surface area contributed by atoms with Gasteiger partial charge in [-0.15, -0.1) is 0 Å². The number of ether oxygens (including phenoxy) is 1. The van der Waals surface area contributed by atoms with E-state index in [1.54, 1.807) is 7.11 Å². The van der Waals surface area contributed by atoms with Gasteiger partial charge in [0.2, 0.25) is 0 Å². The average Bonchev–Trinajstić information content (AvgIpc) is 2.78. The van der Waals surface area contributed by atoms with Crippen LogP contribution in [0.25, 0.3) is 11.3 Å². The summed E-state index contributed by atoms with van der Waals surface area (Å²) in [4.78, 5) is 4.21. The molecule has 19 heavy (non-hydrogen) atoms. The molecular weight excluding hydrogens is 240 g/mol. The van der Waals surface area contributed by atoms with Gasteiger partial charge in [-0.3, -0.25) is 0 Å². The third kappa shape index (κ3) is 2.57. The van der Waals surface area contributed by atoms with Gasteiger partial charge in [0.05, 0.1) is 18.4 Å². The van der Waals surface area contributed by atoms with E-state index in [-0.39, 0.29) is 6.01 Å². The lowest BCUT2D eigenvalue weighted by Crippen LogP contribution is -1.94. The molecule has 1 aromatic carbocycles. The van der Waals surface area contributed by atoms with Crippen molar-refractivity contribution in [2.45, 2.75) is 33.1 Å². The maximum absolute atomic E-state index is 5.66. The number of rotatable bonds is 4. The van der Waals surface area contributed by atoms with Crippen LogP contribution in [0.4, 0.5) is 6.01 Å². The molecule has 0 aliphatic heterocycles. The summed E-state index contributed by atoms with van der Waals surface area (Å²) in [5.74, 6) is 1.92. The van der Waals surface area contributed by atoms with Crippen molar-refractivity contribution in [1.82, 2.24) is 4.98 Å². The maximum atomic E-state index is 5.66. The molecule has 0 bridgehead atoms. The van der Waals surface area contributed by atoms with Gasteiger partial charge in [-0.25, -0.2) is 0 Å². The van der Waals surface area contributed by atoms with Crippen LogP contribution in [0.5, 0.6) is 5.75 Å². The van der Waals surface area contributed by atoms with Gasteiger partial charge >= 0.3 is 0 Å². The fraction of sp³-hybridized carbons (Fsp3) is 0.400. The van der Waals surface area contributed by atoms with Crippen LogP contribution in [0.2, 0.25) is 0 Å². The third-order valence-corrected chi connectivity index (χ3v) is 3.18. The number of methoxy groups -OCH3 is 1. The Bertz CT molecular complexity index is 574. The van der Waals surface area contributed by atoms with Gasteiger partial charge in [0.15, 0.2) is 5.76 Å². The molecule has 0 amide bonds. The van der Waals surface area contributed by atoms with Crippen molar-refractivity contribution in [3.8, 4) is 17.1 Å². The monoisotopic (exact) mass is 260 g/mol. The zero-order chi connectivity index (χ0) is 14.0. The van der Waals surface area contributed by atoms with E-state index in [9.17, 15) is 0 Å². The van der Waals surface area contributed by atoms with Crippen molar-refractivity contribution in [1.29, 1.82) is 0 Å². The molecule has 0 aliphatic carbocycles. The Morgan fingerprint density at radius 2 is 2.11 bits per heavy atom. The molecule has 102 valence electrons. The molecule has 1 aromatic heterocycles. The highest BCUT2D eigenvalue weighted by Crippen LogP contribution is 2.36. The zero-order valence-corrected chi connectivity index (χ0v) is 11.9. The van der Waals surface area contributed by atoms with E-state index in [2.05, 4.69) is 31.0 Å². The number of hydrogen-bond acceptors (Lipinski definition) is 4. The zero-order valence-electron chi connectivity index (χ0n) is 11.9. The largest absolute Gasteiger partial charge is 0.496 e. The van der Waals surface area contributed by atoms with Crippen molar-refractivity contribution in [2.24, 2.45) is 0 Å². The van der Waals surface area contributed by atoms with Gasteiger partial charge in [-0.1, -0.05) is 26.8 Å². The number of nitrogen functional groups attached to an aromatic ring is 1. The van der Waals surface area contributed by atoms with Crippen molar-refractivity contribution in [3.05, 3.63) is 29.5 Å². The van der Waals surface area contributed by atoms with Gasteiger partial charge in [-0.2, -0.15) is 4.98 Å². The standard InChI is InChI=1S/C15H20N2O2/c1-5-12-14(19-15(16)17-12)11-8-10(9(2)3)6-7-13(11)18-4/h6-9H,5H2,1-4H3,(H2,16,17). The van der Waals surface area contributed by atoms with Crippen LogP contribution < -0.4 is 10.5 Å². The van der Waals surface area contributed by atoms with Crippen LogP contribution in [-0.4, -0.2) is 12.1 Å². The Labute approximate surface area is 113 Å². The minimum absolute atomic E-state index is 0.198. The highest BCUT2D eigenvalue weighted by molar-refractivity contribution is 5.69. The molecule has 0 fully saturated rings. The summed E-state index contributed by atoms with van der Waals surface area (Å²) in [6.45, 7) is 6.34. The van der Waals surface area contributed by atoms with Crippen LogP contribution in [0.1, 0.15) is 37.9 Å². The fourth-order valence-corrected chi connectivity index (χ4v) is 2.08. The summed E-state index contributed by atoms with van der Waals surface area (Å²) >= 11 is 0. The van der Waals surface area contributed by atoms with Gasteiger partial charge in [0.25, 0.3) is 6.01 Å². The first-order chi connectivity index (χ1) is 9.06. The minimum atomic E-state index is 0.198. The normalized spacial score (nSPS) is 11.0. The fourth-order valence-electron chi connectivity index (χ4n) is 2.08. The minimum Gasteiger partial charge on any atom is -0.496 e. The predicted molar refractivity (Wildman–Crippen MR) is 76.4 cm³/mol. The Balaban J connectivity index is 2.61. The SMILES string of the molecule is CCc1nc(N)oc1-c1cc(C(C)C)ccc1OC. The summed E-state index contributed by atoms with van der Waals surface area (Å²) < 4.78 is 11.0. The van der Waals surface area contributed by atoms with E-state index in [1.165, 1.54) is 5.56 Å². The lowest BCUT2D eigenvalue weighted by molar-refractivity contribution is 0.414. The van der Waals surface area contributed by atoms with Crippen molar-refractivity contribution in [3.63, 3.8) is 0 Å². The van der Waals surface area contributed by atoms with Crippen molar-refractivity contribution >= 4 is 6.01 Å². The molecule has 0 radical (unpaired) electrons. The summed E-state index contributed by atoms with van der Waals surface area (Å²) in [7, 11) is 1.65. The number of aryl methyl sites for hydroxylation is 1. The Kier molecular flexibility index (Phi) is 3.79. The van der Waals surface area contributed by atoms with Crippen LogP contribution in [0, 0.1) is 0 Å². The van der Waals surface area contributed by atoms with Crippen LogP contribution >= 0.6 is 0 Å². The summed E-state index contributed by atoms with van der Waals surface area (Å²) in [6.07, 6.45) is 0.769. The van der Waals surface area contributed by atoms with Crippen molar-refractivity contribution in [2.75, 3.05) is 12.8 Å². The molecule has 0 saturated heterocycles. The molecule has 1 heterocycles. The predicted octanol–water partition coefficient (Wildman–Crippen LogP) is 3.62. The molecule has 0 spiro atoms. The Morgan fingerprint density at radius 3 is 2.68 bits per heavy atom. The number of nitrogens with two attached hydrogens (primary N) is 1. The first-order valence-electron chi connectivity index (χ1n) is 6.50. The highest BCUT2D eigenvalue weighted by Gasteiger charge is 2.17. The van der Waals surface area contributed by atoms with E-state index < -0.39 is 0 Å². The van der Waals surface area contributed by atoms with E-state index in [0.717, 1.165) is 23.4 Å². The second-order valence-corrected chi connectivity index (χ2v) is 4.80. The smallest absolute Gasteiger partial charge is 0.292 e. The van der Waals surface area contributed by atoms with Crippen molar-refractivity contribution < 1.29 is 9.15 Å². The molecule has 2 aromatic rings. The van der Waals surface area contributed by atoms with Crippen LogP contribution in [0.3, 0.4) is 0 Å². The molecule has 0 saturated carbocycles. The Morgan fingerprint density at radius 1 is 1.37 bits per heavy atom. The number of nitrogens with zero attached hydrogens (tertiary/aromatic N) is 1. The topological polar surface area (TPSA) is 61.3 Å². The summed E-state index contributed by atoms with van der Waals surface area (Å²) in [5.41, 5.74) is 8.66. The van der Waals surface area contributed by atoms with Crippen LogP contribution in [-0.2, 0) is 6.42 Å². The van der Waals surface area contributed by atoms with E-state index in [4.69, 9.17) is 14.9 Å². The number of anilines is 1. The molecule has 0 atom stereocenters. The van der Waals surface area contributed by atoms with Gasteiger partial charge in [0.1, 0.15) is 5.75 Å². The molecule has 0 unspecified atom stereocenters. The molecule has 4 nitrogen and oxygen atoms in total. The quantitative estimate of drug-likeness (QED) is 0.912. The number of aromatic nitrogens is 1. The highest BCUT2D eigenvalue weighted by atomic mass is 16.5. The maximum Gasteiger partial charge on any atom is 0.292 e. The molecule has 2 N–H and O–H groups in total. The van der Waals surface area contributed by atoms with E-state index in [1.807, 2.05) is 13.0 Å². The summed E-state index contributed by atoms with van der Waals surface area (Å²) in [5, 5.41) is 0. The lowest BCUT2D eigenvalue weighted by atomic mass is 9.98. The van der Waals surface area contributed by atoms with Gasteiger partial charge in [-0.05, 0) is 30.0 Å². The van der Waals surface area contributed by atoms with Gasteiger partial charge < -0.3 is 14.9 Å². The van der Waals surface area contributed by atoms with Gasteiger partial charge in [0, 0.05) is 0 Å². The van der Waals surface area contributed by atoms with E-state index >= 15 is 0 Å². The van der Waals surface area contributed by atoms with E-state index in [0.29, 0.717) is 11.7 Å². The molecular formula is C15H20N2O2. The average molecular weight is 260 g/mol. The third-order valence-electron chi connectivity index (χ3n) is 3.18. The molecule has 2 rings (SSSR count). The number of benzene rings is 1. The van der Waals surface area contributed by atoms with Crippen LogP contribution in [0.15, 0.2) is 22.6 Å². The number of oxazole rings is 1. The lowest BCUT2D eigenvalue weighted by Gasteiger charge is -2.11. The first kappa shape index (κ1) is 13.5. The Hall–Kier alpha value is -1.97. The molecule has 0 aliphatic rings.